The first-order chi connectivity index (χ1) is 9.22. The summed E-state index contributed by atoms with van der Waals surface area (Å²) in [6.07, 6.45) is 3.29. The van der Waals surface area contributed by atoms with Crippen LogP contribution < -0.4 is 10.1 Å². The molecule has 0 spiro atoms. The Hall–Kier alpha value is -0.940. The summed E-state index contributed by atoms with van der Waals surface area (Å²) in [7, 11) is 0. The third-order valence-electron chi connectivity index (χ3n) is 2.80. The Morgan fingerprint density at radius 2 is 2.32 bits per heavy atom. The molecule has 0 aliphatic rings. The number of aromatic nitrogens is 1. The molecule has 0 aliphatic heterocycles. The predicted octanol–water partition coefficient (Wildman–Crippen LogP) is 4.25. The molecule has 0 radical (unpaired) electrons. The lowest BCUT2D eigenvalue weighted by Gasteiger charge is -2.11. The molecule has 0 saturated carbocycles. The van der Waals surface area contributed by atoms with Crippen molar-refractivity contribution in [1.29, 1.82) is 0 Å². The van der Waals surface area contributed by atoms with Gasteiger partial charge in [0.2, 0.25) is 0 Å². The lowest BCUT2D eigenvalue weighted by atomic mass is 10.3. The second kappa shape index (κ2) is 7.01. The number of thioether (sulfide) groups is 1. The summed E-state index contributed by atoms with van der Waals surface area (Å²) in [4.78, 5) is 4.61. The topological polar surface area (TPSA) is 34.1 Å². The molecule has 5 heteroatoms. The monoisotopic (exact) mass is 296 g/mol. The molecule has 0 aliphatic carbocycles. The molecule has 0 saturated heterocycles. The molecule has 1 heterocycles. The highest BCUT2D eigenvalue weighted by atomic mass is 32.2. The zero-order valence-corrected chi connectivity index (χ0v) is 13.2. The van der Waals surface area contributed by atoms with E-state index < -0.39 is 0 Å². The van der Waals surface area contributed by atoms with Crippen LogP contribution in [0.3, 0.4) is 0 Å². The van der Waals surface area contributed by atoms with Gasteiger partial charge in [0.05, 0.1) is 16.8 Å². The third kappa shape index (κ3) is 4.01. The van der Waals surface area contributed by atoms with Gasteiger partial charge in [-0.15, -0.1) is 0 Å². The molecule has 1 aromatic heterocycles. The molecular formula is C14H20N2OS2. The second-order valence-electron chi connectivity index (χ2n) is 4.41. The number of thiazole rings is 1. The summed E-state index contributed by atoms with van der Waals surface area (Å²) in [5.74, 6) is 2.09. The van der Waals surface area contributed by atoms with Crippen molar-refractivity contribution >= 4 is 38.4 Å². The molecular weight excluding hydrogens is 276 g/mol. The largest absolute Gasteiger partial charge is 0.494 e. The lowest BCUT2D eigenvalue weighted by Crippen LogP contribution is -2.15. The summed E-state index contributed by atoms with van der Waals surface area (Å²) in [5, 5.41) is 4.47. The van der Waals surface area contributed by atoms with Gasteiger partial charge >= 0.3 is 0 Å². The predicted molar refractivity (Wildman–Crippen MR) is 86.9 cm³/mol. The number of anilines is 1. The number of hydrogen-bond acceptors (Lipinski definition) is 5. The smallest absolute Gasteiger partial charge is 0.184 e. The maximum absolute atomic E-state index is 5.51. The van der Waals surface area contributed by atoms with Crippen LogP contribution in [0, 0.1) is 0 Å². The van der Waals surface area contributed by atoms with Gasteiger partial charge in [-0.25, -0.2) is 4.98 Å². The molecule has 104 valence electrons. The van der Waals surface area contributed by atoms with Crippen LogP contribution in [0.2, 0.25) is 0 Å². The van der Waals surface area contributed by atoms with Gasteiger partial charge in [-0.05, 0) is 50.5 Å². The van der Waals surface area contributed by atoms with Crippen molar-refractivity contribution in [3.05, 3.63) is 18.2 Å². The van der Waals surface area contributed by atoms with E-state index in [9.17, 15) is 0 Å². The zero-order valence-electron chi connectivity index (χ0n) is 11.6. The summed E-state index contributed by atoms with van der Waals surface area (Å²) < 4.78 is 6.68. The van der Waals surface area contributed by atoms with E-state index in [2.05, 4.69) is 29.5 Å². The minimum absolute atomic E-state index is 0.458. The van der Waals surface area contributed by atoms with Gasteiger partial charge in [0.15, 0.2) is 5.13 Å². The molecule has 0 fully saturated rings. The first kappa shape index (κ1) is 14.5. The molecule has 1 N–H and O–H groups in total. The summed E-state index contributed by atoms with van der Waals surface area (Å²) in [6, 6.07) is 6.52. The van der Waals surface area contributed by atoms with Crippen LogP contribution in [0.5, 0.6) is 5.75 Å². The van der Waals surface area contributed by atoms with Gasteiger partial charge in [0.1, 0.15) is 5.75 Å². The number of nitrogens with zero attached hydrogens (tertiary/aromatic N) is 1. The van der Waals surface area contributed by atoms with Crippen molar-refractivity contribution in [3.8, 4) is 5.75 Å². The maximum Gasteiger partial charge on any atom is 0.184 e. The minimum atomic E-state index is 0.458. The van der Waals surface area contributed by atoms with E-state index in [1.807, 2.05) is 30.8 Å². The van der Waals surface area contributed by atoms with Crippen molar-refractivity contribution in [2.45, 2.75) is 26.3 Å². The Bertz CT molecular complexity index is 527. The lowest BCUT2D eigenvalue weighted by molar-refractivity contribution is 0.341. The summed E-state index contributed by atoms with van der Waals surface area (Å²) in [6.45, 7) is 4.90. The van der Waals surface area contributed by atoms with E-state index >= 15 is 0 Å². The van der Waals surface area contributed by atoms with E-state index in [-0.39, 0.29) is 0 Å². The van der Waals surface area contributed by atoms with Crippen LogP contribution >= 0.6 is 23.1 Å². The highest BCUT2D eigenvalue weighted by molar-refractivity contribution is 7.98. The molecule has 19 heavy (non-hydrogen) atoms. The van der Waals surface area contributed by atoms with E-state index in [4.69, 9.17) is 4.74 Å². The quantitative estimate of drug-likeness (QED) is 0.828. The first-order valence-corrected chi connectivity index (χ1v) is 8.72. The van der Waals surface area contributed by atoms with Gasteiger partial charge in [0.25, 0.3) is 0 Å². The Morgan fingerprint density at radius 3 is 3.05 bits per heavy atom. The fourth-order valence-corrected chi connectivity index (χ4v) is 3.40. The Labute approximate surface area is 122 Å². The standard InChI is InChI=1S/C14H20N2OS2/c1-4-17-11-5-6-12-13(9-11)19-14(16-12)15-10(2)7-8-18-3/h5-6,9-10H,4,7-8H2,1-3H3,(H,15,16). The SMILES string of the molecule is CCOc1ccc2nc(NC(C)CCSC)sc2c1. The van der Waals surface area contributed by atoms with Crippen molar-refractivity contribution in [1.82, 2.24) is 4.98 Å². The fraction of sp³-hybridized carbons (Fsp3) is 0.500. The normalized spacial score (nSPS) is 12.6. The van der Waals surface area contributed by atoms with Crippen LogP contribution in [0.1, 0.15) is 20.3 Å². The highest BCUT2D eigenvalue weighted by Crippen LogP contribution is 2.29. The van der Waals surface area contributed by atoms with Crippen LogP contribution in [-0.2, 0) is 0 Å². The Morgan fingerprint density at radius 1 is 1.47 bits per heavy atom. The van der Waals surface area contributed by atoms with Crippen molar-refractivity contribution in [2.75, 3.05) is 23.9 Å². The van der Waals surface area contributed by atoms with Gasteiger partial charge in [0, 0.05) is 6.04 Å². The number of hydrogen-bond donors (Lipinski definition) is 1. The number of fused-ring (bicyclic) bond motifs is 1. The zero-order chi connectivity index (χ0) is 13.7. The molecule has 0 bridgehead atoms. The second-order valence-corrected chi connectivity index (χ2v) is 6.42. The van der Waals surface area contributed by atoms with Crippen LogP contribution in [0.4, 0.5) is 5.13 Å². The van der Waals surface area contributed by atoms with Crippen LogP contribution in [-0.4, -0.2) is 29.6 Å². The van der Waals surface area contributed by atoms with Crippen molar-refractivity contribution < 1.29 is 4.74 Å². The molecule has 2 aromatic rings. The van der Waals surface area contributed by atoms with Gasteiger partial charge in [-0.1, -0.05) is 11.3 Å². The summed E-state index contributed by atoms with van der Waals surface area (Å²) in [5.41, 5.74) is 1.04. The molecule has 0 amide bonds. The average molecular weight is 296 g/mol. The molecule has 1 atom stereocenters. The third-order valence-corrected chi connectivity index (χ3v) is 4.39. The number of benzene rings is 1. The number of nitrogens with one attached hydrogen (secondary N) is 1. The van der Waals surface area contributed by atoms with E-state index in [0.717, 1.165) is 22.8 Å². The summed E-state index contributed by atoms with van der Waals surface area (Å²) >= 11 is 3.57. The fourth-order valence-electron chi connectivity index (χ4n) is 1.80. The molecule has 1 aromatic carbocycles. The van der Waals surface area contributed by atoms with Gasteiger partial charge < -0.3 is 10.1 Å². The van der Waals surface area contributed by atoms with Crippen molar-refractivity contribution in [3.63, 3.8) is 0 Å². The number of rotatable bonds is 7. The maximum atomic E-state index is 5.51. The minimum Gasteiger partial charge on any atom is -0.494 e. The molecule has 2 rings (SSSR count). The van der Waals surface area contributed by atoms with Crippen LogP contribution in [0.25, 0.3) is 10.2 Å². The first-order valence-electron chi connectivity index (χ1n) is 6.51. The average Bonchev–Trinajstić information content (AvgIpc) is 2.78. The molecule has 3 nitrogen and oxygen atoms in total. The molecule has 1 unspecified atom stereocenters. The van der Waals surface area contributed by atoms with E-state index in [1.54, 1.807) is 11.3 Å². The highest BCUT2D eigenvalue weighted by Gasteiger charge is 2.08. The van der Waals surface area contributed by atoms with E-state index in [1.165, 1.54) is 10.5 Å². The Kier molecular flexibility index (Phi) is 5.34. The van der Waals surface area contributed by atoms with E-state index in [0.29, 0.717) is 12.6 Å². The Balaban J connectivity index is 2.08. The number of ether oxygens (including phenoxy) is 1. The van der Waals surface area contributed by atoms with Gasteiger partial charge in [-0.2, -0.15) is 11.8 Å². The van der Waals surface area contributed by atoms with Crippen molar-refractivity contribution in [2.24, 2.45) is 0 Å². The van der Waals surface area contributed by atoms with Gasteiger partial charge in [-0.3, -0.25) is 0 Å². The van der Waals surface area contributed by atoms with Crippen LogP contribution in [0.15, 0.2) is 18.2 Å².